The Hall–Kier alpha value is -0.570. The van der Waals surface area contributed by atoms with Crippen LogP contribution in [0.25, 0.3) is 0 Å². The van der Waals surface area contributed by atoms with E-state index in [0.29, 0.717) is 23.3 Å². The van der Waals surface area contributed by atoms with Gasteiger partial charge in [0, 0.05) is 12.1 Å². The van der Waals surface area contributed by atoms with Gasteiger partial charge in [0.2, 0.25) is 0 Å². The fourth-order valence-electron chi connectivity index (χ4n) is 4.99. The van der Waals surface area contributed by atoms with E-state index >= 15 is 0 Å². The quantitative estimate of drug-likeness (QED) is 0.778. The zero-order valence-corrected chi connectivity index (χ0v) is 12.9. The minimum atomic E-state index is -0.566. The summed E-state index contributed by atoms with van der Waals surface area (Å²) in [7, 11) is 0. The normalized spacial score (nSPS) is 43.4. The van der Waals surface area contributed by atoms with Gasteiger partial charge in [-0.15, -0.1) is 0 Å². The lowest BCUT2D eigenvalue weighted by atomic mass is 9.83. The van der Waals surface area contributed by atoms with Crippen molar-refractivity contribution in [2.45, 2.75) is 77.3 Å². The molecule has 3 nitrogen and oxygen atoms in total. The van der Waals surface area contributed by atoms with Crippen LogP contribution in [0.2, 0.25) is 0 Å². The van der Waals surface area contributed by atoms with E-state index in [9.17, 15) is 9.90 Å². The van der Waals surface area contributed by atoms with Gasteiger partial charge in [0.05, 0.1) is 5.92 Å². The van der Waals surface area contributed by atoms with Crippen molar-refractivity contribution >= 4 is 5.97 Å². The second-order valence-electron chi connectivity index (χ2n) is 8.18. The highest BCUT2D eigenvalue weighted by molar-refractivity contribution is 5.72. The Labute approximate surface area is 122 Å². The molecule has 2 N–H and O–H groups in total. The van der Waals surface area contributed by atoms with Gasteiger partial charge in [-0.3, -0.25) is 4.79 Å². The van der Waals surface area contributed by atoms with Crippen LogP contribution in [0.1, 0.15) is 65.2 Å². The molecule has 5 atom stereocenters. The van der Waals surface area contributed by atoms with Crippen molar-refractivity contribution in [3.05, 3.63) is 0 Å². The van der Waals surface area contributed by atoms with Gasteiger partial charge in [0.1, 0.15) is 0 Å². The molecule has 3 aliphatic carbocycles. The van der Waals surface area contributed by atoms with Gasteiger partial charge < -0.3 is 10.4 Å². The summed E-state index contributed by atoms with van der Waals surface area (Å²) in [5.41, 5.74) is 0.470. The highest BCUT2D eigenvalue weighted by Gasteiger charge is 2.51. The highest BCUT2D eigenvalue weighted by Crippen LogP contribution is 2.49. The van der Waals surface area contributed by atoms with E-state index in [0.717, 1.165) is 12.8 Å². The molecule has 0 amide bonds. The summed E-state index contributed by atoms with van der Waals surface area (Å²) in [4.78, 5) is 11.6. The number of nitrogens with one attached hydrogen (secondary N) is 1. The van der Waals surface area contributed by atoms with E-state index < -0.39 is 5.97 Å². The van der Waals surface area contributed by atoms with Gasteiger partial charge in [-0.25, -0.2) is 0 Å². The third kappa shape index (κ3) is 2.74. The minimum absolute atomic E-state index is 0.120. The first kappa shape index (κ1) is 14.4. The lowest BCUT2D eigenvalue weighted by Crippen LogP contribution is -2.48. The molecular weight excluding hydrogens is 250 g/mol. The maximum Gasteiger partial charge on any atom is 0.308 e. The van der Waals surface area contributed by atoms with E-state index in [1.165, 1.54) is 38.5 Å². The fraction of sp³-hybridized carbons (Fsp3) is 0.941. The number of carbonyl (C=O) groups is 1. The number of hydrogen-bond acceptors (Lipinski definition) is 2. The second kappa shape index (κ2) is 5.32. The summed E-state index contributed by atoms with van der Waals surface area (Å²) >= 11 is 0. The van der Waals surface area contributed by atoms with E-state index in [1.807, 2.05) is 0 Å². The first-order chi connectivity index (χ1) is 9.46. The Morgan fingerprint density at radius 1 is 1.10 bits per heavy atom. The fourth-order valence-corrected chi connectivity index (χ4v) is 4.99. The summed E-state index contributed by atoms with van der Waals surface area (Å²) in [6, 6.07) is 0.792. The van der Waals surface area contributed by atoms with Gasteiger partial charge in [-0.2, -0.15) is 0 Å². The SMILES string of the molecule is CC1(C)CCCC(NC2C3CCC(C3)C2C(=O)O)CC1. The first-order valence-corrected chi connectivity index (χ1v) is 8.45. The van der Waals surface area contributed by atoms with Gasteiger partial charge in [0.15, 0.2) is 0 Å². The maximum absolute atomic E-state index is 11.6. The van der Waals surface area contributed by atoms with Crippen LogP contribution < -0.4 is 5.32 Å². The number of hydrogen-bond donors (Lipinski definition) is 2. The Balaban J connectivity index is 1.63. The minimum Gasteiger partial charge on any atom is -0.481 e. The molecule has 0 aromatic heterocycles. The summed E-state index contributed by atoms with van der Waals surface area (Å²) in [6.07, 6.45) is 9.82. The summed E-state index contributed by atoms with van der Waals surface area (Å²) in [6.45, 7) is 4.74. The first-order valence-electron chi connectivity index (χ1n) is 8.45. The van der Waals surface area contributed by atoms with Crippen molar-refractivity contribution in [1.29, 1.82) is 0 Å². The molecule has 2 bridgehead atoms. The molecule has 3 aliphatic rings. The van der Waals surface area contributed by atoms with Gasteiger partial charge in [-0.1, -0.05) is 20.3 Å². The molecule has 0 radical (unpaired) electrons. The average molecular weight is 279 g/mol. The number of carboxylic acid groups (broad SMARTS) is 1. The monoisotopic (exact) mass is 279 g/mol. The molecule has 0 spiro atoms. The van der Waals surface area contributed by atoms with Gasteiger partial charge in [0.25, 0.3) is 0 Å². The summed E-state index contributed by atoms with van der Waals surface area (Å²) in [5.74, 6) is 0.378. The predicted octanol–water partition coefficient (Wildman–Crippen LogP) is 3.43. The molecule has 3 heteroatoms. The molecule has 0 saturated heterocycles. The number of aliphatic carboxylic acids is 1. The molecule has 3 fully saturated rings. The van der Waals surface area contributed by atoms with E-state index in [-0.39, 0.29) is 12.0 Å². The van der Waals surface area contributed by atoms with E-state index in [2.05, 4.69) is 19.2 Å². The molecule has 0 aliphatic heterocycles. The van der Waals surface area contributed by atoms with E-state index in [1.54, 1.807) is 0 Å². The van der Waals surface area contributed by atoms with Crippen LogP contribution in [0.15, 0.2) is 0 Å². The van der Waals surface area contributed by atoms with Crippen LogP contribution in [0.3, 0.4) is 0 Å². The number of fused-ring (bicyclic) bond motifs is 2. The van der Waals surface area contributed by atoms with Crippen molar-refractivity contribution in [2.75, 3.05) is 0 Å². The van der Waals surface area contributed by atoms with Crippen molar-refractivity contribution in [3.8, 4) is 0 Å². The zero-order valence-electron chi connectivity index (χ0n) is 12.9. The van der Waals surface area contributed by atoms with Crippen LogP contribution in [-0.2, 0) is 4.79 Å². The maximum atomic E-state index is 11.6. The van der Waals surface area contributed by atoms with E-state index in [4.69, 9.17) is 0 Å². The molecule has 5 unspecified atom stereocenters. The molecule has 3 rings (SSSR count). The Morgan fingerprint density at radius 2 is 1.85 bits per heavy atom. The Kier molecular flexibility index (Phi) is 3.83. The third-order valence-corrected chi connectivity index (χ3v) is 6.21. The van der Waals surface area contributed by atoms with Crippen LogP contribution in [0, 0.1) is 23.2 Å². The van der Waals surface area contributed by atoms with Crippen molar-refractivity contribution < 1.29 is 9.90 Å². The van der Waals surface area contributed by atoms with Crippen molar-refractivity contribution in [3.63, 3.8) is 0 Å². The van der Waals surface area contributed by atoms with Crippen molar-refractivity contribution in [2.24, 2.45) is 23.2 Å². The third-order valence-electron chi connectivity index (χ3n) is 6.21. The molecule has 3 saturated carbocycles. The predicted molar refractivity (Wildman–Crippen MR) is 79.5 cm³/mol. The zero-order chi connectivity index (χ0) is 14.3. The Bertz CT molecular complexity index is 379. The molecule has 114 valence electrons. The Morgan fingerprint density at radius 3 is 2.60 bits per heavy atom. The second-order valence-corrected chi connectivity index (χ2v) is 8.18. The highest BCUT2D eigenvalue weighted by atomic mass is 16.4. The number of rotatable bonds is 3. The molecule has 0 heterocycles. The topological polar surface area (TPSA) is 49.3 Å². The standard InChI is InChI=1S/C17H29NO2/c1-17(2)8-3-4-13(7-9-17)18-15-12-6-5-11(10-12)14(15)16(19)20/h11-15,18H,3-10H2,1-2H3,(H,19,20). The largest absolute Gasteiger partial charge is 0.481 e. The van der Waals surface area contributed by atoms with Crippen LogP contribution >= 0.6 is 0 Å². The molecule has 0 aromatic rings. The lowest BCUT2D eigenvalue weighted by molar-refractivity contribution is -0.144. The number of carboxylic acids is 1. The molecular formula is C17H29NO2. The van der Waals surface area contributed by atoms with Crippen molar-refractivity contribution in [1.82, 2.24) is 5.32 Å². The smallest absolute Gasteiger partial charge is 0.308 e. The van der Waals surface area contributed by atoms with Gasteiger partial charge in [-0.05, 0) is 62.2 Å². The molecule has 20 heavy (non-hydrogen) atoms. The summed E-state index contributed by atoms with van der Waals surface area (Å²) < 4.78 is 0. The molecule has 0 aromatic carbocycles. The lowest BCUT2D eigenvalue weighted by Gasteiger charge is -2.32. The van der Waals surface area contributed by atoms with Crippen LogP contribution in [0.5, 0.6) is 0 Å². The van der Waals surface area contributed by atoms with Crippen LogP contribution in [0.4, 0.5) is 0 Å². The average Bonchev–Trinajstić information content (AvgIpc) is 2.91. The summed E-state index contributed by atoms with van der Waals surface area (Å²) in [5, 5.41) is 13.3. The van der Waals surface area contributed by atoms with Crippen LogP contribution in [-0.4, -0.2) is 23.2 Å². The van der Waals surface area contributed by atoms with Gasteiger partial charge >= 0.3 is 5.97 Å².